The summed E-state index contributed by atoms with van der Waals surface area (Å²) in [6.45, 7) is 4.88. The molecule has 1 aromatic carbocycles. The Morgan fingerprint density at radius 2 is 2.21 bits per heavy atom. The minimum absolute atomic E-state index is 0.227. The zero-order chi connectivity index (χ0) is 14.0. The highest BCUT2D eigenvalue weighted by atomic mass is 16.5. The summed E-state index contributed by atoms with van der Waals surface area (Å²) < 4.78 is 6.82. The van der Waals surface area contributed by atoms with Gasteiger partial charge in [0, 0.05) is 11.6 Å². The molecule has 1 amide bonds. The standard InChI is InChI=1S/C13H18N4O2/c1-8(2)12-16-10-7-9(14)3-4-11(10)17(12)5-6-19-13(15)18/h3-4,7-8H,5-6,14H2,1-2H3,(H2,15,18). The van der Waals surface area contributed by atoms with E-state index in [2.05, 4.69) is 18.8 Å². The molecular formula is C13H18N4O2. The third-order valence-corrected chi connectivity index (χ3v) is 2.88. The molecule has 6 nitrogen and oxygen atoms in total. The highest BCUT2D eigenvalue weighted by molar-refractivity contribution is 5.79. The number of anilines is 1. The van der Waals surface area contributed by atoms with E-state index in [1.54, 1.807) is 0 Å². The van der Waals surface area contributed by atoms with Gasteiger partial charge >= 0.3 is 6.09 Å². The number of aromatic nitrogens is 2. The van der Waals surface area contributed by atoms with E-state index in [0.29, 0.717) is 12.2 Å². The molecule has 2 rings (SSSR count). The maximum atomic E-state index is 10.6. The lowest BCUT2D eigenvalue weighted by atomic mass is 10.2. The first-order chi connectivity index (χ1) is 8.99. The van der Waals surface area contributed by atoms with Gasteiger partial charge in [0.05, 0.1) is 17.6 Å². The molecule has 0 fully saturated rings. The molecule has 2 aromatic rings. The van der Waals surface area contributed by atoms with Crippen molar-refractivity contribution in [1.29, 1.82) is 0 Å². The lowest BCUT2D eigenvalue weighted by Gasteiger charge is -2.11. The topological polar surface area (TPSA) is 96.2 Å². The molecule has 1 aromatic heterocycles. The Morgan fingerprint density at radius 1 is 1.47 bits per heavy atom. The summed E-state index contributed by atoms with van der Waals surface area (Å²) in [6.07, 6.45) is -0.764. The van der Waals surface area contributed by atoms with Gasteiger partial charge in [-0.25, -0.2) is 9.78 Å². The maximum absolute atomic E-state index is 10.6. The molecule has 19 heavy (non-hydrogen) atoms. The van der Waals surface area contributed by atoms with Crippen LogP contribution in [0.2, 0.25) is 0 Å². The Bertz CT molecular complexity index is 604. The van der Waals surface area contributed by atoms with Crippen LogP contribution in [0.4, 0.5) is 10.5 Å². The van der Waals surface area contributed by atoms with Crippen molar-refractivity contribution in [2.45, 2.75) is 26.3 Å². The summed E-state index contributed by atoms with van der Waals surface area (Å²) in [5.74, 6) is 1.20. The van der Waals surface area contributed by atoms with Crippen LogP contribution in [0.5, 0.6) is 0 Å². The zero-order valence-electron chi connectivity index (χ0n) is 11.1. The van der Waals surface area contributed by atoms with E-state index < -0.39 is 6.09 Å². The summed E-state index contributed by atoms with van der Waals surface area (Å²) in [4.78, 5) is 15.2. The monoisotopic (exact) mass is 262 g/mol. The van der Waals surface area contributed by atoms with Gasteiger partial charge in [-0.3, -0.25) is 0 Å². The molecule has 0 spiro atoms. The Morgan fingerprint density at radius 3 is 2.84 bits per heavy atom. The van der Waals surface area contributed by atoms with Crippen molar-refractivity contribution in [3.05, 3.63) is 24.0 Å². The van der Waals surface area contributed by atoms with Crippen LogP contribution in [0.15, 0.2) is 18.2 Å². The van der Waals surface area contributed by atoms with Gasteiger partial charge in [-0.2, -0.15) is 0 Å². The number of nitrogens with zero attached hydrogens (tertiary/aromatic N) is 2. The first kappa shape index (κ1) is 13.2. The minimum atomic E-state index is -0.764. The highest BCUT2D eigenvalue weighted by Gasteiger charge is 2.13. The molecule has 4 N–H and O–H groups in total. The average Bonchev–Trinajstić information content (AvgIpc) is 2.67. The number of fused-ring (bicyclic) bond motifs is 1. The smallest absolute Gasteiger partial charge is 0.404 e. The molecule has 0 aliphatic carbocycles. The second-order valence-corrected chi connectivity index (χ2v) is 4.69. The Labute approximate surface area is 111 Å². The molecule has 0 aliphatic heterocycles. The molecule has 0 saturated heterocycles. The molecule has 0 bridgehead atoms. The number of hydrogen-bond acceptors (Lipinski definition) is 4. The minimum Gasteiger partial charge on any atom is -0.448 e. The fourth-order valence-electron chi connectivity index (χ4n) is 2.08. The van der Waals surface area contributed by atoms with Crippen LogP contribution in [-0.2, 0) is 11.3 Å². The summed E-state index contributed by atoms with van der Waals surface area (Å²) in [7, 11) is 0. The predicted molar refractivity (Wildman–Crippen MR) is 73.8 cm³/mol. The molecule has 0 saturated carbocycles. The van der Waals surface area contributed by atoms with Crippen LogP contribution in [-0.4, -0.2) is 22.3 Å². The molecule has 6 heteroatoms. The van der Waals surface area contributed by atoms with Gasteiger partial charge in [0.15, 0.2) is 0 Å². The summed E-state index contributed by atoms with van der Waals surface area (Å²) >= 11 is 0. The van der Waals surface area contributed by atoms with Crippen LogP contribution in [0.1, 0.15) is 25.6 Å². The maximum Gasteiger partial charge on any atom is 0.404 e. The molecule has 0 atom stereocenters. The van der Waals surface area contributed by atoms with E-state index >= 15 is 0 Å². The first-order valence-corrected chi connectivity index (χ1v) is 6.17. The number of benzene rings is 1. The third-order valence-electron chi connectivity index (χ3n) is 2.88. The van der Waals surface area contributed by atoms with Gasteiger partial charge in [0.2, 0.25) is 0 Å². The lowest BCUT2D eigenvalue weighted by Crippen LogP contribution is -2.17. The van der Waals surface area contributed by atoms with Crippen molar-refractivity contribution in [2.75, 3.05) is 12.3 Å². The number of primary amides is 1. The Balaban J connectivity index is 2.37. The molecule has 0 unspecified atom stereocenters. The van der Waals surface area contributed by atoms with Gasteiger partial charge in [0.1, 0.15) is 12.4 Å². The van der Waals surface area contributed by atoms with E-state index in [-0.39, 0.29) is 12.5 Å². The van der Waals surface area contributed by atoms with Crippen molar-refractivity contribution in [3.8, 4) is 0 Å². The number of ether oxygens (including phenoxy) is 1. The average molecular weight is 262 g/mol. The highest BCUT2D eigenvalue weighted by Crippen LogP contribution is 2.23. The number of hydrogen-bond donors (Lipinski definition) is 2. The van der Waals surface area contributed by atoms with Crippen LogP contribution >= 0.6 is 0 Å². The lowest BCUT2D eigenvalue weighted by molar-refractivity contribution is 0.152. The van der Waals surface area contributed by atoms with E-state index in [4.69, 9.17) is 16.2 Å². The number of imidazole rings is 1. The molecule has 102 valence electrons. The van der Waals surface area contributed by atoms with Gasteiger partial charge in [0.25, 0.3) is 0 Å². The van der Waals surface area contributed by atoms with Gasteiger partial charge in [-0.1, -0.05) is 13.8 Å². The SMILES string of the molecule is CC(C)c1nc2cc(N)ccc2n1CCOC(N)=O. The quantitative estimate of drug-likeness (QED) is 0.821. The van der Waals surface area contributed by atoms with Crippen molar-refractivity contribution >= 4 is 22.8 Å². The van der Waals surface area contributed by atoms with Crippen LogP contribution in [0, 0.1) is 0 Å². The largest absolute Gasteiger partial charge is 0.448 e. The molecule has 1 heterocycles. The van der Waals surface area contributed by atoms with Crippen LogP contribution in [0.25, 0.3) is 11.0 Å². The van der Waals surface area contributed by atoms with Crippen LogP contribution < -0.4 is 11.5 Å². The van der Waals surface area contributed by atoms with E-state index in [1.807, 2.05) is 22.8 Å². The number of nitrogen functional groups attached to an aromatic ring is 1. The van der Waals surface area contributed by atoms with Gasteiger partial charge < -0.3 is 20.8 Å². The predicted octanol–water partition coefficient (Wildman–Crippen LogP) is 1.84. The zero-order valence-corrected chi connectivity index (χ0v) is 11.1. The van der Waals surface area contributed by atoms with Gasteiger partial charge in [-0.15, -0.1) is 0 Å². The van der Waals surface area contributed by atoms with Gasteiger partial charge in [-0.05, 0) is 18.2 Å². The van der Waals surface area contributed by atoms with E-state index in [0.717, 1.165) is 16.9 Å². The molecule has 0 radical (unpaired) electrons. The molecule has 0 aliphatic rings. The first-order valence-electron chi connectivity index (χ1n) is 6.17. The number of rotatable bonds is 4. The van der Waals surface area contributed by atoms with Crippen molar-refractivity contribution < 1.29 is 9.53 Å². The van der Waals surface area contributed by atoms with Crippen LogP contribution in [0.3, 0.4) is 0 Å². The summed E-state index contributed by atoms with van der Waals surface area (Å²) in [6, 6.07) is 5.60. The van der Waals surface area contributed by atoms with Crippen molar-refractivity contribution in [1.82, 2.24) is 9.55 Å². The second-order valence-electron chi connectivity index (χ2n) is 4.69. The third kappa shape index (κ3) is 2.78. The van der Waals surface area contributed by atoms with Crippen molar-refractivity contribution in [2.24, 2.45) is 5.73 Å². The fourth-order valence-corrected chi connectivity index (χ4v) is 2.08. The molecular weight excluding hydrogens is 244 g/mol. The van der Waals surface area contributed by atoms with E-state index in [9.17, 15) is 4.79 Å². The number of amides is 1. The Kier molecular flexibility index (Phi) is 3.59. The normalized spacial score (nSPS) is 11.1. The Hall–Kier alpha value is -2.24. The second kappa shape index (κ2) is 5.17. The van der Waals surface area contributed by atoms with Crippen molar-refractivity contribution in [3.63, 3.8) is 0 Å². The number of nitrogens with two attached hydrogens (primary N) is 2. The summed E-state index contributed by atoms with van der Waals surface area (Å²) in [5, 5.41) is 0. The fraction of sp³-hybridized carbons (Fsp3) is 0.385. The number of carbonyl (C=O) groups excluding carboxylic acids is 1. The number of carbonyl (C=O) groups is 1. The summed E-state index contributed by atoms with van der Waals surface area (Å²) in [5.41, 5.74) is 13.2. The van der Waals surface area contributed by atoms with E-state index in [1.165, 1.54) is 0 Å².